The molecule has 1 aliphatic heterocycles. The molecule has 0 radical (unpaired) electrons. The van der Waals surface area contributed by atoms with E-state index in [9.17, 15) is 9.00 Å². The Morgan fingerprint density at radius 1 is 1.08 bits per heavy atom. The monoisotopic (exact) mass is 375 g/mol. The summed E-state index contributed by atoms with van der Waals surface area (Å²) >= 11 is -0.917. The van der Waals surface area contributed by atoms with Gasteiger partial charge in [0, 0.05) is 35.1 Å². The van der Waals surface area contributed by atoms with E-state index in [4.69, 9.17) is 8.97 Å². The van der Waals surface area contributed by atoms with Crippen LogP contribution in [-0.4, -0.2) is 21.9 Å². The highest BCUT2D eigenvalue weighted by Crippen LogP contribution is 2.31. The van der Waals surface area contributed by atoms with Crippen LogP contribution in [0.5, 0.6) is 0 Å². The van der Waals surface area contributed by atoms with E-state index in [1.54, 1.807) is 18.2 Å². The second kappa shape index (κ2) is 6.74. The molecule has 130 valence electrons. The molecule has 4 rings (SSSR count). The quantitative estimate of drug-likeness (QED) is 0.551. The van der Waals surface area contributed by atoms with Crippen molar-refractivity contribution in [1.82, 2.24) is 0 Å². The molecule has 0 amide bonds. The first kappa shape index (κ1) is 16.5. The van der Waals surface area contributed by atoms with Crippen molar-refractivity contribution >= 4 is 39.1 Å². The largest absolute Gasteiger partial charge is 0.422 e. The van der Waals surface area contributed by atoms with Crippen molar-refractivity contribution in [3.63, 3.8) is 0 Å². The minimum Gasteiger partial charge on any atom is -0.422 e. The van der Waals surface area contributed by atoms with Crippen LogP contribution in [0.15, 0.2) is 49.8 Å². The number of piperidine rings is 1. The second-order valence-corrected chi connectivity index (χ2v) is 8.37. The van der Waals surface area contributed by atoms with Gasteiger partial charge in [-0.3, -0.25) is 0 Å². The molecule has 1 saturated heterocycles. The Morgan fingerprint density at radius 3 is 2.60 bits per heavy atom. The van der Waals surface area contributed by atoms with Gasteiger partial charge in [-0.15, -0.1) is 11.3 Å². The number of nitrogens with zero attached hydrogens (tertiary/aromatic N) is 1. The molecule has 2 aromatic heterocycles. The van der Waals surface area contributed by atoms with Crippen LogP contribution in [0.25, 0.3) is 21.4 Å². The summed E-state index contributed by atoms with van der Waals surface area (Å²) in [6.45, 7) is 2.06. The van der Waals surface area contributed by atoms with Gasteiger partial charge in [0.25, 0.3) is 0 Å². The van der Waals surface area contributed by atoms with Gasteiger partial charge in [0.15, 0.2) is 11.1 Å². The Balaban J connectivity index is 1.74. The molecule has 0 aliphatic carbocycles. The van der Waals surface area contributed by atoms with Crippen LogP contribution in [0.4, 0.5) is 5.69 Å². The molecule has 1 unspecified atom stereocenters. The van der Waals surface area contributed by atoms with E-state index in [1.807, 2.05) is 12.1 Å². The van der Waals surface area contributed by atoms with Crippen molar-refractivity contribution in [2.24, 2.45) is 0 Å². The molecule has 0 spiro atoms. The zero-order chi connectivity index (χ0) is 17.4. The fourth-order valence-electron chi connectivity index (χ4n) is 3.18. The van der Waals surface area contributed by atoms with Gasteiger partial charge in [0.2, 0.25) is 0 Å². The molecule has 0 saturated carbocycles. The number of anilines is 1. The number of benzene rings is 1. The molecule has 25 heavy (non-hydrogen) atoms. The zero-order valence-corrected chi connectivity index (χ0v) is 15.1. The number of hydrogen-bond donors (Lipinski definition) is 1. The average Bonchev–Trinajstić information content (AvgIpc) is 3.11. The number of hydrogen-bond acceptors (Lipinski definition) is 5. The Labute approximate surface area is 151 Å². The maximum Gasteiger partial charge on any atom is 0.345 e. The minimum atomic E-state index is -2.04. The van der Waals surface area contributed by atoms with Crippen LogP contribution in [0.2, 0.25) is 0 Å². The van der Waals surface area contributed by atoms with Gasteiger partial charge in [-0.05, 0) is 49.6 Å². The van der Waals surface area contributed by atoms with Gasteiger partial charge >= 0.3 is 5.63 Å². The first-order valence-electron chi connectivity index (χ1n) is 8.16. The van der Waals surface area contributed by atoms with Crippen LogP contribution in [0, 0.1) is 0 Å². The Morgan fingerprint density at radius 2 is 1.88 bits per heavy atom. The maximum absolute atomic E-state index is 12.4. The van der Waals surface area contributed by atoms with Gasteiger partial charge in [-0.2, -0.15) is 0 Å². The van der Waals surface area contributed by atoms with E-state index >= 15 is 0 Å². The van der Waals surface area contributed by atoms with Gasteiger partial charge in [0.1, 0.15) is 9.79 Å². The maximum atomic E-state index is 12.4. The molecule has 1 aromatic carbocycles. The number of thiophene rings is 1. The van der Waals surface area contributed by atoms with Crippen LogP contribution in [0.1, 0.15) is 19.3 Å². The van der Waals surface area contributed by atoms with Crippen molar-refractivity contribution in [1.29, 1.82) is 0 Å². The second-order valence-electron chi connectivity index (χ2n) is 6.09. The van der Waals surface area contributed by atoms with E-state index in [1.165, 1.54) is 19.3 Å². The third kappa shape index (κ3) is 3.27. The van der Waals surface area contributed by atoms with E-state index in [-0.39, 0.29) is 0 Å². The summed E-state index contributed by atoms with van der Waals surface area (Å²) < 4.78 is 26.2. The standard InChI is InChI=1S/C18H17NO4S2/c20-18-14(16-6-7-17(24-16)25(21)22)10-12-4-5-13(11-15(12)23-18)19-8-2-1-3-9-19/h4-7,10-11H,1-3,8-9H2,(H,21,22). The lowest BCUT2D eigenvalue weighted by Crippen LogP contribution is -2.29. The first-order valence-corrected chi connectivity index (χ1v) is 10.1. The SMILES string of the molecule is O=c1oc2cc(N3CCCCC3)ccc2cc1-c1ccc(S(=O)O)s1. The van der Waals surface area contributed by atoms with Crippen LogP contribution < -0.4 is 10.5 Å². The lowest BCUT2D eigenvalue weighted by atomic mass is 10.1. The first-order chi connectivity index (χ1) is 12.1. The molecular formula is C18H17NO4S2. The van der Waals surface area contributed by atoms with Crippen molar-refractivity contribution in [3.8, 4) is 10.4 Å². The Bertz CT molecular complexity index is 1000. The number of rotatable bonds is 3. The van der Waals surface area contributed by atoms with E-state index < -0.39 is 16.7 Å². The highest BCUT2D eigenvalue weighted by Gasteiger charge is 2.15. The summed E-state index contributed by atoms with van der Waals surface area (Å²) in [5.74, 6) is 0. The molecule has 1 N–H and O–H groups in total. The number of fused-ring (bicyclic) bond motifs is 1. The van der Waals surface area contributed by atoms with Crippen LogP contribution in [0.3, 0.4) is 0 Å². The van der Waals surface area contributed by atoms with Gasteiger partial charge in [-0.25, -0.2) is 9.00 Å². The normalized spacial score (nSPS) is 16.3. The van der Waals surface area contributed by atoms with Crippen molar-refractivity contribution in [2.45, 2.75) is 23.5 Å². The molecule has 0 bridgehead atoms. The zero-order valence-electron chi connectivity index (χ0n) is 13.4. The summed E-state index contributed by atoms with van der Waals surface area (Å²) in [4.78, 5) is 15.3. The summed E-state index contributed by atoms with van der Waals surface area (Å²) in [6.07, 6.45) is 3.64. The predicted molar refractivity (Wildman–Crippen MR) is 101 cm³/mol. The summed E-state index contributed by atoms with van der Waals surface area (Å²) in [5.41, 5.74) is 1.64. The Hall–Kier alpha value is -1.96. The summed E-state index contributed by atoms with van der Waals surface area (Å²) in [6, 6.07) is 11.0. The highest BCUT2D eigenvalue weighted by molar-refractivity contribution is 7.81. The molecule has 5 nitrogen and oxygen atoms in total. The Kier molecular flexibility index (Phi) is 4.45. The van der Waals surface area contributed by atoms with E-state index in [0.717, 1.165) is 35.5 Å². The van der Waals surface area contributed by atoms with Crippen LogP contribution in [-0.2, 0) is 11.1 Å². The van der Waals surface area contributed by atoms with Gasteiger partial charge in [0.05, 0.1) is 5.56 Å². The fourth-order valence-corrected chi connectivity index (χ4v) is 4.66. The third-order valence-electron chi connectivity index (χ3n) is 4.46. The van der Waals surface area contributed by atoms with Crippen molar-refractivity contribution in [2.75, 3.05) is 18.0 Å². The molecule has 1 aliphatic rings. The van der Waals surface area contributed by atoms with Crippen LogP contribution >= 0.6 is 11.3 Å². The smallest absolute Gasteiger partial charge is 0.345 e. The van der Waals surface area contributed by atoms with Crippen molar-refractivity contribution in [3.05, 3.63) is 46.8 Å². The molecular weight excluding hydrogens is 358 g/mol. The molecule has 7 heteroatoms. The van der Waals surface area contributed by atoms with Gasteiger partial charge < -0.3 is 13.9 Å². The minimum absolute atomic E-state index is 0.315. The predicted octanol–water partition coefficient (Wildman–Crippen LogP) is 4.09. The van der Waals surface area contributed by atoms with E-state index in [2.05, 4.69) is 11.0 Å². The fraction of sp³-hybridized carbons (Fsp3) is 0.278. The molecule has 3 aromatic rings. The third-order valence-corrected chi connectivity index (χ3v) is 6.53. The van der Waals surface area contributed by atoms with Crippen molar-refractivity contribution < 1.29 is 13.2 Å². The summed E-state index contributed by atoms with van der Waals surface area (Å²) in [5, 5.41) is 0.843. The topological polar surface area (TPSA) is 70.8 Å². The van der Waals surface area contributed by atoms with E-state index in [0.29, 0.717) is 20.2 Å². The molecule has 1 fully saturated rings. The lowest BCUT2D eigenvalue weighted by molar-refractivity contribution is 0.560. The molecule has 3 heterocycles. The molecule has 1 atom stereocenters. The highest BCUT2D eigenvalue weighted by atomic mass is 32.2. The van der Waals surface area contributed by atoms with Gasteiger partial charge in [-0.1, -0.05) is 0 Å². The summed E-state index contributed by atoms with van der Waals surface area (Å²) in [7, 11) is 0. The lowest BCUT2D eigenvalue weighted by Gasteiger charge is -2.28. The average molecular weight is 375 g/mol.